The molecule has 0 saturated carbocycles. The molecule has 1 aromatic heterocycles. The Labute approximate surface area is 98.2 Å². The van der Waals surface area contributed by atoms with E-state index in [1.165, 1.54) is 5.75 Å². The highest BCUT2D eigenvalue weighted by Gasteiger charge is 2.22. The van der Waals surface area contributed by atoms with E-state index < -0.39 is 0 Å². The highest BCUT2D eigenvalue weighted by Crippen LogP contribution is 2.30. The van der Waals surface area contributed by atoms with Crippen LogP contribution in [0.1, 0.15) is 29.4 Å². The fraction of sp³-hybridized carbons (Fsp3) is 0.636. The van der Waals surface area contributed by atoms with E-state index in [1.54, 1.807) is 0 Å². The Morgan fingerprint density at radius 2 is 2.38 bits per heavy atom. The molecule has 0 bridgehead atoms. The van der Waals surface area contributed by atoms with Crippen molar-refractivity contribution in [3.8, 4) is 0 Å². The van der Waals surface area contributed by atoms with Gasteiger partial charge >= 0.3 is 0 Å². The van der Waals surface area contributed by atoms with Crippen molar-refractivity contribution in [3.05, 3.63) is 27.4 Å². The van der Waals surface area contributed by atoms with E-state index in [0.717, 1.165) is 42.2 Å². The summed E-state index contributed by atoms with van der Waals surface area (Å²) in [5.74, 6) is 3.65. The molecular weight excluding hydrogens is 222 g/mol. The van der Waals surface area contributed by atoms with Crippen molar-refractivity contribution in [2.24, 2.45) is 0 Å². The number of thioether (sulfide) groups is 1. The summed E-state index contributed by atoms with van der Waals surface area (Å²) in [4.78, 5) is 19.5. The second-order valence-corrected chi connectivity index (χ2v) is 5.51. The van der Waals surface area contributed by atoms with Crippen LogP contribution in [0.2, 0.25) is 0 Å². The molecule has 3 rings (SSSR count). The molecule has 1 unspecified atom stereocenters. The number of rotatable bonds is 1. The molecule has 3 heterocycles. The summed E-state index contributed by atoms with van der Waals surface area (Å²) in [6, 6.07) is 0. The summed E-state index contributed by atoms with van der Waals surface area (Å²) >= 11 is 1.95. The molecule has 5 heteroatoms. The lowest BCUT2D eigenvalue weighted by molar-refractivity contribution is 0.602. The van der Waals surface area contributed by atoms with Gasteiger partial charge in [0.1, 0.15) is 5.82 Å². The second kappa shape index (κ2) is 4.22. The zero-order chi connectivity index (χ0) is 11.0. The van der Waals surface area contributed by atoms with Crippen LogP contribution in [0.25, 0.3) is 0 Å². The number of hydrogen-bond acceptors (Lipinski definition) is 4. The average Bonchev–Trinajstić information content (AvgIpc) is 2.82. The predicted molar refractivity (Wildman–Crippen MR) is 65.0 cm³/mol. The van der Waals surface area contributed by atoms with Crippen LogP contribution < -0.4 is 10.9 Å². The molecule has 1 aromatic rings. The van der Waals surface area contributed by atoms with Crippen LogP contribution in [-0.2, 0) is 13.0 Å². The van der Waals surface area contributed by atoms with Crippen molar-refractivity contribution < 1.29 is 0 Å². The van der Waals surface area contributed by atoms with Gasteiger partial charge in [0.2, 0.25) is 0 Å². The smallest absolute Gasteiger partial charge is 0.255 e. The maximum Gasteiger partial charge on any atom is 0.255 e. The van der Waals surface area contributed by atoms with Crippen molar-refractivity contribution in [2.75, 3.05) is 18.1 Å². The van der Waals surface area contributed by atoms with Gasteiger partial charge in [-0.1, -0.05) is 0 Å². The average molecular weight is 237 g/mol. The van der Waals surface area contributed by atoms with Crippen LogP contribution in [0.5, 0.6) is 0 Å². The minimum Gasteiger partial charge on any atom is -0.312 e. The third kappa shape index (κ3) is 1.78. The predicted octanol–water partition coefficient (Wildman–Crippen LogP) is 0.636. The van der Waals surface area contributed by atoms with Gasteiger partial charge in [0.15, 0.2) is 0 Å². The van der Waals surface area contributed by atoms with Crippen molar-refractivity contribution >= 4 is 11.8 Å². The molecule has 0 spiro atoms. The van der Waals surface area contributed by atoms with Crippen LogP contribution in [-0.4, -0.2) is 28.0 Å². The Balaban J connectivity index is 2.01. The van der Waals surface area contributed by atoms with Gasteiger partial charge in [-0.3, -0.25) is 4.79 Å². The van der Waals surface area contributed by atoms with Gasteiger partial charge in [0.05, 0.1) is 11.3 Å². The zero-order valence-electron chi connectivity index (χ0n) is 9.08. The summed E-state index contributed by atoms with van der Waals surface area (Å²) in [6.45, 7) is 1.60. The molecule has 0 radical (unpaired) electrons. The molecule has 2 aliphatic heterocycles. The Morgan fingerprint density at radius 3 is 3.19 bits per heavy atom. The van der Waals surface area contributed by atoms with Crippen molar-refractivity contribution in [2.45, 2.75) is 25.3 Å². The molecule has 4 nitrogen and oxygen atoms in total. The SMILES string of the molecule is O=c1[nH]c(C2CCSC2)nc2c1CNCC2. The summed E-state index contributed by atoms with van der Waals surface area (Å²) in [6.07, 6.45) is 2.02. The second-order valence-electron chi connectivity index (χ2n) is 4.36. The number of aromatic amines is 1. The normalized spacial score (nSPS) is 24.4. The minimum absolute atomic E-state index is 0.0594. The standard InChI is InChI=1S/C11H15N3OS/c15-11-8-5-12-3-1-9(8)13-10(14-11)7-2-4-16-6-7/h7,12H,1-6H2,(H,13,14,15). The number of nitrogens with one attached hydrogen (secondary N) is 2. The Kier molecular flexibility index (Phi) is 2.73. The highest BCUT2D eigenvalue weighted by atomic mass is 32.2. The van der Waals surface area contributed by atoms with E-state index in [-0.39, 0.29) is 5.56 Å². The van der Waals surface area contributed by atoms with Gasteiger partial charge in [-0.2, -0.15) is 11.8 Å². The number of fused-ring (bicyclic) bond motifs is 1. The maximum atomic E-state index is 11.9. The van der Waals surface area contributed by atoms with E-state index in [0.29, 0.717) is 12.5 Å². The molecule has 0 amide bonds. The number of nitrogens with zero attached hydrogens (tertiary/aromatic N) is 1. The Hall–Kier alpha value is -0.810. The first-order chi connectivity index (χ1) is 7.84. The van der Waals surface area contributed by atoms with Gasteiger partial charge in [-0.05, 0) is 12.2 Å². The Bertz CT molecular complexity index is 451. The first kappa shape index (κ1) is 10.4. The topological polar surface area (TPSA) is 57.8 Å². The molecule has 2 N–H and O–H groups in total. The molecule has 1 fully saturated rings. The van der Waals surface area contributed by atoms with E-state index in [2.05, 4.69) is 15.3 Å². The van der Waals surface area contributed by atoms with Gasteiger partial charge in [-0.25, -0.2) is 4.98 Å². The fourth-order valence-electron chi connectivity index (χ4n) is 2.32. The summed E-state index contributed by atoms with van der Waals surface area (Å²) in [5.41, 5.74) is 1.90. The van der Waals surface area contributed by atoms with Crippen LogP contribution >= 0.6 is 11.8 Å². The quantitative estimate of drug-likeness (QED) is 0.752. The number of aromatic nitrogens is 2. The molecule has 0 aliphatic carbocycles. The summed E-state index contributed by atoms with van der Waals surface area (Å²) in [5, 5.41) is 3.21. The lowest BCUT2D eigenvalue weighted by atomic mass is 10.1. The van der Waals surface area contributed by atoms with Crippen LogP contribution in [0.15, 0.2) is 4.79 Å². The van der Waals surface area contributed by atoms with Crippen LogP contribution in [0.4, 0.5) is 0 Å². The largest absolute Gasteiger partial charge is 0.312 e. The molecular formula is C11H15N3OS. The lowest BCUT2D eigenvalue weighted by Crippen LogP contribution is -2.32. The van der Waals surface area contributed by atoms with Gasteiger partial charge in [-0.15, -0.1) is 0 Å². The van der Waals surface area contributed by atoms with E-state index in [1.807, 2.05) is 11.8 Å². The molecule has 1 atom stereocenters. The van der Waals surface area contributed by atoms with Gasteiger partial charge in [0, 0.05) is 31.2 Å². The van der Waals surface area contributed by atoms with Crippen LogP contribution in [0.3, 0.4) is 0 Å². The first-order valence-electron chi connectivity index (χ1n) is 5.75. The van der Waals surface area contributed by atoms with E-state index in [4.69, 9.17) is 0 Å². The Morgan fingerprint density at radius 1 is 1.44 bits per heavy atom. The minimum atomic E-state index is 0.0594. The van der Waals surface area contributed by atoms with Crippen molar-refractivity contribution in [1.29, 1.82) is 0 Å². The summed E-state index contributed by atoms with van der Waals surface area (Å²) in [7, 11) is 0. The molecule has 86 valence electrons. The van der Waals surface area contributed by atoms with E-state index >= 15 is 0 Å². The van der Waals surface area contributed by atoms with Crippen molar-refractivity contribution in [1.82, 2.24) is 15.3 Å². The van der Waals surface area contributed by atoms with Crippen molar-refractivity contribution in [3.63, 3.8) is 0 Å². The lowest BCUT2D eigenvalue weighted by Gasteiger charge is -2.17. The fourth-order valence-corrected chi connectivity index (χ4v) is 3.54. The molecule has 16 heavy (non-hydrogen) atoms. The van der Waals surface area contributed by atoms with Crippen LogP contribution in [0, 0.1) is 0 Å². The third-order valence-electron chi connectivity index (χ3n) is 3.28. The summed E-state index contributed by atoms with van der Waals surface area (Å²) < 4.78 is 0. The highest BCUT2D eigenvalue weighted by molar-refractivity contribution is 7.99. The maximum absolute atomic E-state index is 11.9. The van der Waals surface area contributed by atoms with Gasteiger partial charge < -0.3 is 10.3 Å². The zero-order valence-corrected chi connectivity index (χ0v) is 9.90. The molecule has 2 aliphatic rings. The number of hydrogen-bond donors (Lipinski definition) is 2. The molecule has 0 aromatic carbocycles. The number of H-pyrrole nitrogens is 1. The first-order valence-corrected chi connectivity index (χ1v) is 6.90. The monoisotopic (exact) mass is 237 g/mol. The third-order valence-corrected chi connectivity index (χ3v) is 4.44. The molecule has 1 saturated heterocycles. The van der Waals surface area contributed by atoms with Gasteiger partial charge in [0.25, 0.3) is 5.56 Å². The van der Waals surface area contributed by atoms with E-state index in [9.17, 15) is 4.79 Å².